The lowest BCUT2D eigenvalue weighted by Gasteiger charge is -2.07. The molecule has 6 nitrogen and oxygen atoms in total. The zero-order valence-electron chi connectivity index (χ0n) is 8.04. The second-order valence-corrected chi connectivity index (χ2v) is 4.76. The van der Waals surface area contributed by atoms with E-state index in [-0.39, 0.29) is 18.0 Å². The first-order valence-electron chi connectivity index (χ1n) is 4.26. The summed E-state index contributed by atoms with van der Waals surface area (Å²) in [4.78, 5) is 14.3. The molecule has 8 heteroatoms. The quantitative estimate of drug-likeness (QED) is 0.482. The van der Waals surface area contributed by atoms with Gasteiger partial charge in [0.15, 0.2) is 0 Å². The van der Waals surface area contributed by atoms with Crippen LogP contribution in [-0.4, -0.2) is 38.6 Å². The Labute approximate surface area is 104 Å². The van der Waals surface area contributed by atoms with Crippen molar-refractivity contribution in [1.29, 1.82) is 0 Å². The van der Waals surface area contributed by atoms with Crippen LogP contribution in [0, 0.1) is 10.1 Å². The first-order valence-corrected chi connectivity index (χ1v) is 6.03. The van der Waals surface area contributed by atoms with E-state index >= 15 is 0 Å². The molecule has 0 saturated heterocycles. The van der Waals surface area contributed by atoms with Crippen molar-refractivity contribution in [2.45, 2.75) is 11.0 Å². The number of hydrogen-bond acceptors (Lipinski definition) is 6. The molecular weight excluding hydrogens is 300 g/mol. The van der Waals surface area contributed by atoms with Crippen molar-refractivity contribution in [3.63, 3.8) is 0 Å². The Bertz CT molecular complexity index is 390. The third kappa shape index (κ3) is 3.41. The molecule has 0 radical (unpaired) electrons. The van der Waals surface area contributed by atoms with Gasteiger partial charge in [-0.3, -0.25) is 15.1 Å². The SMILES string of the molecule is O=[N+]([O-])c1cncc(Br)c1SCC(O)CO. The Morgan fingerprint density at radius 2 is 2.31 bits per heavy atom. The molecule has 0 fully saturated rings. The standard InChI is InChI=1S/C8H9BrN2O4S/c9-6-1-10-2-7(11(14)15)8(6)16-4-5(13)3-12/h1-2,5,12-13H,3-4H2. The Balaban J connectivity index is 2.88. The normalized spacial score (nSPS) is 12.4. The summed E-state index contributed by atoms with van der Waals surface area (Å²) >= 11 is 4.25. The van der Waals surface area contributed by atoms with E-state index in [0.717, 1.165) is 18.0 Å². The van der Waals surface area contributed by atoms with E-state index in [1.807, 2.05) is 0 Å². The number of halogens is 1. The number of hydrogen-bond donors (Lipinski definition) is 2. The van der Waals surface area contributed by atoms with Gasteiger partial charge in [0, 0.05) is 11.9 Å². The fourth-order valence-electron chi connectivity index (χ4n) is 0.918. The number of aromatic nitrogens is 1. The topological polar surface area (TPSA) is 96.5 Å². The fourth-order valence-corrected chi connectivity index (χ4v) is 2.51. The highest BCUT2D eigenvalue weighted by Gasteiger charge is 2.18. The lowest BCUT2D eigenvalue weighted by atomic mass is 10.4. The maximum Gasteiger partial charge on any atom is 0.302 e. The summed E-state index contributed by atoms with van der Waals surface area (Å²) < 4.78 is 0.497. The van der Waals surface area contributed by atoms with Crippen molar-refractivity contribution in [3.05, 3.63) is 27.0 Å². The Morgan fingerprint density at radius 1 is 1.62 bits per heavy atom. The van der Waals surface area contributed by atoms with Gasteiger partial charge in [0.05, 0.1) is 22.1 Å². The molecule has 1 aromatic heterocycles. The van der Waals surface area contributed by atoms with Crippen LogP contribution in [0.2, 0.25) is 0 Å². The van der Waals surface area contributed by atoms with Gasteiger partial charge in [-0.15, -0.1) is 11.8 Å². The molecule has 0 bridgehead atoms. The molecule has 1 aromatic rings. The Kier molecular flexibility index (Phi) is 5.13. The molecule has 0 aliphatic rings. The predicted molar refractivity (Wildman–Crippen MR) is 62.4 cm³/mol. The number of nitrogens with zero attached hydrogens (tertiary/aromatic N) is 2. The van der Waals surface area contributed by atoms with Gasteiger partial charge in [0.2, 0.25) is 0 Å². The predicted octanol–water partition coefficient (Wildman–Crippen LogP) is 1.20. The summed E-state index contributed by atoms with van der Waals surface area (Å²) in [6.07, 6.45) is 1.70. The fraction of sp³-hybridized carbons (Fsp3) is 0.375. The van der Waals surface area contributed by atoms with Crippen molar-refractivity contribution in [3.8, 4) is 0 Å². The maximum absolute atomic E-state index is 10.7. The second-order valence-electron chi connectivity index (χ2n) is 2.87. The highest BCUT2D eigenvalue weighted by atomic mass is 79.9. The van der Waals surface area contributed by atoms with Crippen molar-refractivity contribution in [2.24, 2.45) is 0 Å². The van der Waals surface area contributed by atoms with E-state index in [1.165, 1.54) is 6.20 Å². The summed E-state index contributed by atoms with van der Waals surface area (Å²) in [5.74, 6) is 0.181. The first kappa shape index (κ1) is 13.4. The summed E-state index contributed by atoms with van der Waals surface area (Å²) in [5, 5.41) is 28.5. The summed E-state index contributed by atoms with van der Waals surface area (Å²) in [7, 11) is 0. The number of aliphatic hydroxyl groups is 2. The number of aliphatic hydroxyl groups excluding tert-OH is 2. The molecule has 0 spiro atoms. The minimum Gasteiger partial charge on any atom is -0.394 e. The van der Waals surface area contributed by atoms with Crippen molar-refractivity contribution >= 4 is 33.4 Å². The van der Waals surface area contributed by atoms with Gasteiger partial charge in [-0.1, -0.05) is 0 Å². The van der Waals surface area contributed by atoms with Gasteiger partial charge in [-0.25, -0.2) is 0 Å². The van der Waals surface area contributed by atoms with E-state index in [1.54, 1.807) is 0 Å². The molecule has 88 valence electrons. The minimum absolute atomic E-state index is 0.121. The molecular formula is C8H9BrN2O4S. The molecule has 1 rings (SSSR count). The van der Waals surface area contributed by atoms with Crippen LogP contribution in [0.4, 0.5) is 5.69 Å². The number of pyridine rings is 1. The van der Waals surface area contributed by atoms with E-state index < -0.39 is 11.0 Å². The zero-order chi connectivity index (χ0) is 12.1. The second kappa shape index (κ2) is 6.14. The van der Waals surface area contributed by atoms with Gasteiger partial charge in [0.25, 0.3) is 0 Å². The molecule has 0 aliphatic heterocycles. The van der Waals surface area contributed by atoms with Crippen molar-refractivity contribution < 1.29 is 15.1 Å². The van der Waals surface area contributed by atoms with Crippen LogP contribution in [0.25, 0.3) is 0 Å². The van der Waals surface area contributed by atoms with E-state index in [4.69, 9.17) is 10.2 Å². The van der Waals surface area contributed by atoms with Gasteiger partial charge in [-0.05, 0) is 15.9 Å². The lowest BCUT2D eigenvalue weighted by Crippen LogP contribution is -2.14. The highest BCUT2D eigenvalue weighted by Crippen LogP contribution is 2.34. The number of nitro groups is 1. The van der Waals surface area contributed by atoms with Crippen LogP contribution in [0.3, 0.4) is 0 Å². The molecule has 0 aromatic carbocycles. The van der Waals surface area contributed by atoms with Crippen LogP contribution < -0.4 is 0 Å². The van der Waals surface area contributed by atoms with E-state index in [9.17, 15) is 10.1 Å². The summed E-state index contributed by atoms with van der Waals surface area (Å²) in [6.45, 7) is -0.372. The maximum atomic E-state index is 10.7. The van der Waals surface area contributed by atoms with Crippen LogP contribution in [0.1, 0.15) is 0 Å². The average molecular weight is 309 g/mol. The van der Waals surface area contributed by atoms with Crippen LogP contribution in [0.15, 0.2) is 21.8 Å². The third-order valence-electron chi connectivity index (χ3n) is 1.66. The molecule has 1 atom stereocenters. The van der Waals surface area contributed by atoms with Crippen LogP contribution >= 0.6 is 27.7 Å². The Morgan fingerprint density at radius 3 is 2.88 bits per heavy atom. The molecule has 0 amide bonds. The molecule has 2 N–H and O–H groups in total. The molecule has 0 saturated carbocycles. The molecule has 0 aliphatic carbocycles. The van der Waals surface area contributed by atoms with Gasteiger partial charge in [0.1, 0.15) is 11.1 Å². The van der Waals surface area contributed by atoms with Crippen LogP contribution in [0.5, 0.6) is 0 Å². The van der Waals surface area contributed by atoms with Crippen LogP contribution in [-0.2, 0) is 0 Å². The summed E-state index contributed by atoms with van der Waals surface area (Å²) in [5.41, 5.74) is -0.121. The van der Waals surface area contributed by atoms with Gasteiger partial charge >= 0.3 is 5.69 Å². The smallest absolute Gasteiger partial charge is 0.302 e. The molecule has 1 unspecified atom stereocenters. The lowest BCUT2D eigenvalue weighted by molar-refractivity contribution is -0.388. The zero-order valence-corrected chi connectivity index (χ0v) is 10.4. The third-order valence-corrected chi connectivity index (χ3v) is 3.79. The highest BCUT2D eigenvalue weighted by molar-refractivity contribution is 9.10. The minimum atomic E-state index is -0.898. The number of thioether (sulfide) groups is 1. The van der Waals surface area contributed by atoms with E-state index in [0.29, 0.717) is 9.37 Å². The summed E-state index contributed by atoms with van der Waals surface area (Å²) in [6, 6.07) is 0. The monoisotopic (exact) mass is 308 g/mol. The number of rotatable bonds is 5. The van der Waals surface area contributed by atoms with Gasteiger partial charge < -0.3 is 10.2 Å². The van der Waals surface area contributed by atoms with Crippen molar-refractivity contribution in [2.75, 3.05) is 12.4 Å². The average Bonchev–Trinajstić information content (AvgIpc) is 2.26. The molecule has 1 heterocycles. The first-order chi connectivity index (χ1) is 7.56. The van der Waals surface area contributed by atoms with E-state index in [2.05, 4.69) is 20.9 Å². The van der Waals surface area contributed by atoms with Gasteiger partial charge in [-0.2, -0.15) is 0 Å². The largest absolute Gasteiger partial charge is 0.394 e. The molecule has 16 heavy (non-hydrogen) atoms. The Hall–Kier alpha value is -0.700. The van der Waals surface area contributed by atoms with Crippen molar-refractivity contribution in [1.82, 2.24) is 4.98 Å².